The van der Waals surface area contributed by atoms with Crippen molar-refractivity contribution in [3.8, 4) is 11.5 Å². The van der Waals surface area contributed by atoms with Crippen molar-refractivity contribution in [1.82, 2.24) is 5.01 Å². The normalized spacial score (nSPS) is 19.0. The van der Waals surface area contributed by atoms with Crippen molar-refractivity contribution >= 4 is 39.7 Å². The monoisotopic (exact) mass is 474 g/mol. The number of hydrogen-bond donors (Lipinski definition) is 0. The third-order valence-electron chi connectivity index (χ3n) is 6.30. The zero-order valence-electron chi connectivity index (χ0n) is 17.8. The highest BCUT2D eigenvalue weighted by Gasteiger charge is 2.43. The Morgan fingerprint density at radius 3 is 2.55 bits per heavy atom. The van der Waals surface area contributed by atoms with Crippen molar-refractivity contribution in [2.45, 2.75) is 18.7 Å². The molecule has 0 radical (unpaired) electrons. The van der Waals surface area contributed by atoms with Crippen molar-refractivity contribution in [2.24, 2.45) is 5.10 Å². The number of para-hydroxylation sites is 1. The van der Waals surface area contributed by atoms with Crippen LogP contribution in [0.5, 0.6) is 11.5 Å². The van der Waals surface area contributed by atoms with E-state index in [4.69, 9.17) is 37.8 Å². The lowest BCUT2D eigenvalue weighted by Gasteiger charge is -2.39. The standard InChI is InChI=1S/C27H20Cl2N2O2/c1-32-25-9-5-4-8-20(25)27-31-24(21-13-19(28)14-22(29)26(21)33-27)15-23(30-31)18-11-10-16-6-2-3-7-17(16)12-18/h2-14,24,27H,15H2,1H3/t24-,27-/m1/s1. The number of halogens is 2. The fraction of sp³-hybridized carbons (Fsp3) is 0.148. The quantitative estimate of drug-likeness (QED) is 0.310. The fourth-order valence-electron chi connectivity index (χ4n) is 4.73. The van der Waals surface area contributed by atoms with E-state index in [0.29, 0.717) is 15.8 Å². The Labute approximate surface area is 201 Å². The molecule has 0 bridgehead atoms. The first-order chi connectivity index (χ1) is 16.1. The first-order valence-electron chi connectivity index (χ1n) is 10.8. The number of ether oxygens (including phenoxy) is 2. The molecule has 0 saturated carbocycles. The summed E-state index contributed by atoms with van der Waals surface area (Å²) in [4.78, 5) is 0. The minimum atomic E-state index is -0.477. The minimum absolute atomic E-state index is 0.0543. The molecule has 2 aliphatic rings. The maximum Gasteiger partial charge on any atom is 0.217 e. The molecule has 0 fully saturated rings. The van der Waals surface area contributed by atoms with Crippen LogP contribution in [0.3, 0.4) is 0 Å². The largest absolute Gasteiger partial charge is 0.496 e. The molecule has 4 aromatic rings. The van der Waals surface area contributed by atoms with Crippen LogP contribution >= 0.6 is 23.2 Å². The van der Waals surface area contributed by atoms with Gasteiger partial charge < -0.3 is 9.47 Å². The van der Waals surface area contributed by atoms with Gasteiger partial charge >= 0.3 is 0 Å². The van der Waals surface area contributed by atoms with E-state index in [1.54, 1.807) is 13.2 Å². The molecule has 6 rings (SSSR count). The number of fused-ring (bicyclic) bond motifs is 4. The molecule has 2 aliphatic heterocycles. The number of methoxy groups -OCH3 is 1. The maximum atomic E-state index is 6.59. The predicted octanol–water partition coefficient (Wildman–Crippen LogP) is 7.40. The summed E-state index contributed by atoms with van der Waals surface area (Å²) in [5.74, 6) is 1.39. The van der Waals surface area contributed by atoms with E-state index in [1.807, 2.05) is 35.3 Å². The van der Waals surface area contributed by atoms with Gasteiger partial charge in [-0.25, -0.2) is 5.01 Å². The van der Waals surface area contributed by atoms with Gasteiger partial charge in [0.1, 0.15) is 11.5 Å². The number of rotatable bonds is 3. The molecule has 0 spiro atoms. The summed E-state index contributed by atoms with van der Waals surface area (Å²) in [6, 6.07) is 26.2. The molecule has 4 aromatic carbocycles. The smallest absolute Gasteiger partial charge is 0.217 e. The summed E-state index contributed by atoms with van der Waals surface area (Å²) < 4.78 is 12.1. The second-order valence-corrected chi connectivity index (χ2v) is 9.07. The van der Waals surface area contributed by atoms with Crippen LogP contribution in [0.4, 0.5) is 0 Å². The lowest BCUT2D eigenvalue weighted by molar-refractivity contribution is -0.0202. The average molecular weight is 475 g/mol. The molecule has 4 nitrogen and oxygen atoms in total. The van der Waals surface area contributed by atoms with Crippen molar-refractivity contribution < 1.29 is 9.47 Å². The van der Waals surface area contributed by atoms with E-state index < -0.39 is 6.23 Å². The molecule has 0 saturated heterocycles. The Bertz CT molecular complexity index is 1420. The molecule has 0 N–H and O–H groups in total. The maximum absolute atomic E-state index is 6.59. The topological polar surface area (TPSA) is 34.1 Å². The van der Waals surface area contributed by atoms with Crippen LogP contribution < -0.4 is 9.47 Å². The van der Waals surface area contributed by atoms with Crippen LogP contribution in [0.25, 0.3) is 10.8 Å². The molecular formula is C27H20Cl2N2O2. The van der Waals surface area contributed by atoms with E-state index in [2.05, 4.69) is 42.5 Å². The Hall–Kier alpha value is -3.21. The summed E-state index contributed by atoms with van der Waals surface area (Å²) in [5, 5.41) is 10.5. The summed E-state index contributed by atoms with van der Waals surface area (Å²) in [6.07, 6.45) is 0.243. The van der Waals surface area contributed by atoms with Crippen LogP contribution in [0.2, 0.25) is 10.0 Å². The van der Waals surface area contributed by atoms with Gasteiger partial charge in [-0.2, -0.15) is 5.10 Å². The van der Waals surface area contributed by atoms with Crippen molar-refractivity contribution in [3.05, 3.63) is 106 Å². The molecule has 2 atom stereocenters. The second-order valence-electron chi connectivity index (χ2n) is 8.23. The molecular weight excluding hydrogens is 455 g/mol. The Balaban J connectivity index is 1.49. The third kappa shape index (κ3) is 3.41. The van der Waals surface area contributed by atoms with E-state index in [0.717, 1.165) is 34.6 Å². The predicted molar refractivity (Wildman–Crippen MR) is 133 cm³/mol. The van der Waals surface area contributed by atoms with Gasteiger partial charge in [-0.05, 0) is 46.7 Å². The first-order valence-corrected chi connectivity index (χ1v) is 11.5. The van der Waals surface area contributed by atoms with E-state index in [1.165, 1.54) is 10.8 Å². The van der Waals surface area contributed by atoms with Gasteiger partial charge in [-0.3, -0.25) is 0 Å². The molecule has 0 aromatic heterocycles. The summed E-state index contributed by atoms with van der Waals surface area (Å²) in [6.45, 7) is 0. The Kier molecular flexibility index (Phi) is 4.93. The summed E-state index contributed by atoms with van der Waals surface area (Å²) in [5.41, 5.74) is 3.93. The van der Waals surface area contributed by atoms with Gasteiger partial charge in [0.05, 0.1) is 29.4 Å². The molecule has 0 unspecified atom stereocenters. The van der Waals surface area contributed by atoms with Crippen molar-refractivity contribution in [2.75, 3.05) is 7.11 Å². The number of hydrazone groups is 1. The number of nitrogens with zero attached hydrogens (tertiary/aromatic N) is 2. The van der Waals surface area contributed by atoms with Crippen molar-refractivity contribution in [3.63, 3.8) is 0 Å². The average Bonchev–Trinajstić information content (AvgIpc) is 3.29. The molecule has 0 aliphatic carbocycles. The van der Waals surface area contributed by atoms with Crippen LogP contribution in [0.1, 0.15) is 35.4 Å². The van der Waals surface area contributed by atoms with Crippen LogP contribution in [-0.2, 0) is 0 Å². The lowest BCUT2D eigenvalue weighted by Crippen LogP contribution is -2.34. The van der Waals surface area contributed by atoms with Gasteiger partial charge in [-0.15, -0.1) is 0 Å². The molecule has 6 heteroatoms. The zero-order chi connectivity index (χ0) is 22.5. The third-order valence-corrected chi connectivity index (χ3v) is 6.79. The summed E-state index contributed by atoms with van der Waals surface area (Å²) in [7, 11) is 1.66. The molecule has 164 valence electrons. The highest BCUT2D eigenvalue weighted by molar-refractivity contribution is 6.35. The van der Waals surface area contributed by atoms with Gasteiger partial charge in [0.25, 0.3) is 0 Å². The molecule has 33 heavy (non-hydrogen) atoms. The molecule has 0 amide bonds. The first kappa shape index (κ1) is 20.4. The molecule has 2 heterocycles. The van der Waals surface area contributed by atoms with Gasteiger partial charge in [0.15, 0.2) is 0 Å². The minimum Gasteiger partial charge on any atom is -0.496 e. The fourth-order valence-corrected chi connectivity index (χ4v) is 5.29. The van der Waals surface area contributed by atoms with E-state index >= 15 is 0 Å². The van der Waals surface area contributed by atoms with Gasteiger partial charge in [0.2, 0.25) is 6.23 Å². The number of benzene rings is 4. The van der Waals surface area contributed by atoms with Crippen LogP contribution in [0.15, 0.2) is 84.0 Å². The second kappa shape index (κ2) is 7.98. The van der Waals surface area contributed by atoms with Gasteiger partial charge in [-0.1, -0.05) is 71.7 Å². The van der Waals surface area contributed by atoms with Crippen molar-refractivity contribution in [1.29, 1.82) is 0 Å². The SMILES string of the molecule is COc1ccccc1[C@H]1Oc2c(Cl)cc(Cl)cc2[C@H]2CC(c3ccc4ccccc4c3)=NN21. The zero-order valence-corrected chi connectivity index (χ0v) is 19.3. The summed E-state index contributed by atoms with van der Waals surface area (Å²) >= 11 is 13.0. The highest BCUT2D eigenvalue weighted by Crippen LogP contribution is 2.51. The lowest BCUT2D eigenvalue weighted by atomic mass is 9.95. The Morgan fingerprint density at radius 2 is 1.70 bits per heavy atom. The van der Waals surface area contributed by atoms with E-state index in [-0.39, 0.29) is 6.04 Å². The van der Waals surface area contributed by atoms with Gasteiger partial charge in [0, 0.05) is 17.0 Å². The van der Waals surface area contributed by atoms with Crippen LogP contribution in [-0.4, -0.2) is 17.8 Å². The Morgan fingerprint density at radius 1 is 0.909 bits per heavy atom. The van der Waals surface area contributed by atoms with E-state index in [9.17, 15) is 0 Å². The number of hydrogen-bond acceptors (Lipinski definition) is 4. The highest BCUT2D eigenvalue weighted by atomic mass is 35.5. The van der Waals surface area contributed by atoms with Crippen LogP contribution in [0, 0.1) is 0 Å².